The van der Waals surface area contributed by atoms with Gasteiger partial charge in [0.25, 0.3) is 0 Å². The second-order valence-electron chi connectivity index (χ2n) is 5.74. The van der Waals surface area contributed by atoms with E-state index in [0.717, 1.165) is 24.8 Å². The van der Waals surface area contributed by atoms with Crippen LogP contribution in [0.1, 0.15) is 48.8 Å². The van der Waals surface area contributed by atoms with Crippen LogP contribution in [0, 0.1) is 0 Å². The maximum absolute atomic E-state index is 6.26. The van der Waals surface area contributed by atoms with Gasteiger partial charge in [-0.25, -0.2) is 0 Å². The summed E-state index contributed by atoms with van der Waals surface area (Å²) in [5, 5.41) is 0. The fraction of sp³-hybridized carbons (Fsp3) is 0.316. The van der Waals surface area contributed by atoms with Crippen LogP contribution in [0.25, 0.3) is 0 Å². The van der Waals surface area contributed by atoms with E-state index in [4.69, 9.17) is 10.7 Å². The Kier molecular flexibility index (Phi) is 4.05. The van der Waals surface area contributed by atoms with Crippen molar-refractivity contribution >= 4 is 5.84 Å². The fourth-order valence-electron chi connectivity index (χ4n) is 3.27. The number of hydrogen-bond donors (Lipinski definition) is 1. The molecule has 0 saturated heterocycles. The first-order chi connectivity index (χ1) is 10.3. The molecule has 0 aliphatic carbocycles. The molecule has 2 heteroatoms. The van der Waals surface area contributed by atoms with Crippen LogP contribution in [0.4, 0.5) is 0 Å². The lowest BCUT2D eigenvalue weighted by Gasteiger charge is -2.20. The van der Waals surface area contributed by atoms with Gasteiger partial charge in [-0.3, -0.25) is 4.99 Å². The molecule has 1 aliphatic rings. The van der Waals surface area contributed by atoms with Crippen molar-refractivity contribution in [1.82, 2.24) is 0 Å². The molecular weight excluding hydrogens is 256 g/mol. The molecular formula is C19H22N2. The normalized spacial score (nSPS) is 21.3. The standard InChI is InChI=1S/C19H22N2/c1-2-8-15-13-18(14-9-4-3-5-10-14)16-11-6-7-12-17(16)19(20)21-15/h3-7,9-12,15,18H,2,8,13H2,1H3,(H2,20,21). The third-order valence-corrected chi connectivity index (χ3v) is 4.27. The van der Waals surface area contributed by atoms with Gasteiger partial charge in [0.05, 0.1) is 6.04 Å². The molecule has 0 saturated carbocycles. The Balaban J connectivity index is 2.08. The van der Waals surface area contributed by atoms with E-state index in [9.17, 15) is 0 Å². The summed E-state index contributed by atoms with van der Waals surface area (Å²) < 4.78 is 0. The highest BCUT2D eigenvalue weighted by Crippen LogP contribution is 2.35. The molecule has 2 N–H and O–H groups in total. The molecule has 2 aromatic rings. The zero-order chi connectivity index (χ0) is 14.7. The van der Waals surface area contributed by atoms with E-state index in [1.807, 2.05) is 6.07 Å². The zero-order valence-electron chi connectivity index (χ0n) is 12.5. The van der Waals surface area contributed by atoms with Crippen LogP contribution in [0.15, 0.2) is 59.6 Å². The second kappa shape index (κ2) is 6.13. The van der Waals surface area contributed by atoms with Crippen molar-refractivity contribution in [3.05, 3.63) is 71.3 Å². The Morgan fingerprint density at radius 3 is 2.52 bits per heavy atom. The SMILES string of the molecule is CCCC1CC(c2ccccc2)c2ccccc2C(N)=N1. The maximum Gasteiger partial charge on any atom is 0.126 e. The topological polar surface area (TPSA) is 38.4 Å². The van der Waals surface area contributed by atoms with E-state index in [1.165, 1.54) is 11.1 Å². The van der Waals surface area contributed by atoms with Gasteiger partial charge in [0.1, 0.15) is 5.84 Å². The van der Waals surface area contributed by atoms with Gasteiger partial charge in [-0.1, -0.05) is 67.9 Å². The van der Waals surface area contributed by atoms with Crippen molar-refractivity contribution in [3.63, 3.8) is 0 Å². The molecule has 2 atom stereocenters. The molecule has 108 valence electrons. The number of aliphatic imine (C=N–C) groups is 1. The van der Waals surface area contributed by atoms with E-state index in [0.29, 0.717) is 17.8 Å². The van der Waals surface area contributed by atoms with E-state index in [2.05, 4.69) is 55.5 Å². The number of nitrogens with two attached hydrogens (primary N) is 1. The summed E-state index contributed by atoms with van der Waals surface area (Å²) in [6.45, 7) is 2.21. The molecule has 2 unspecified atom stereocenters. The second-order valence-corrected chi connectivity index (χ2v) is 5.74. The van der Waals surface area contributed by atoms with Crippen molar-refractivity contribution in [1.29, 1.82) is 0 Å². The Morgan fingerprint density at radius 2 is 1.76 bits per heavy atom. The fourth-order valence-corrected chi connectivity index (χ4v) is 3.27. The number of rotatable bonds is 3. The monoisotopic (exact) mass is 278 g/mol. The molecule has 0 spiro atoms. The summed E-state index contributed by atoms with van der Waals surface area (Å²) in [7, 11) is 0. The first-order valence-electron chi connectivity index (χ1n) is 7.77. The smallest absolute Gasteiger partial charge is 0.126 e. The quantitative estimate of drug-likeness (QED) is 0.902. The predicted molar refractivity (Wildman–Crippen MR) is 88.8 cm³/mol. The lowest BCUT2D eigenvalue weighted by atomic mass is 9.84. The molecule has 0 aromatic heterocycles. The summed E-state index contributed by atoms with van der Waals surface area (Å²) in [6.07, 6.45) is 3.27. The third kappa shape index (κ3) is 2.85. The number of nitrogens with zero attached hydrogens (tertiary/aromatic N) is 1. The molecule has 0 radical (unpaired) electrons. The van der Waals surface area contributed by atoms with Crippen molar-refractivity contribution in [3.8, 4) is 0 Å². The van der Waals surface area contributed by atoms with Crippen molar-refractivity contribution in [2.24, 2.45) is 10.7 Å². The highest BCUT2D eigenvalue weighted by Gasteiger charge is 2.25. The van der Waals surface area contributed by atoms with Crippen LogP contribution >= 0.6 is 0 Å². The molecule has 2 aromatic carbocycles. The van der Waals surface area contributed by atoms with Gasteiger partial charge in [0, 0.05) is 11.5 Å². The van der Waals surface area contributed by atoms with Gasteiger partial charge < -0.3 is 5.73 Å². The summed E-state index contributed by atoms with van der Waals surface area (Å²) in [6, 6.07) is 19.5. The molecule has 1 aliphatic heterocycles. The van der Waals surface area contributed by atoms with Crippen LogP contribution in [-0.4, -0.2) is 11.9 Å². The predicted octanol–water partition coefficient (Wildman–Crippen LogP) is 4.10. The third-order valence-electron chi connectivity index (χ3n) is 4.27. The number of fused-ring (bicyclic) bond motifs is 1. The number of benzene rings is 2. The van der Waals surface area contributed by atoms with Crippen molar-refractivity contribution in [2.45, 2.75) is 38.1 Å². The highest BCUT2D eigenvalue weighted by molar-refractivity contribution is 5.99. The summed E-state index contributed by atoms with van der Waals surface area (Å²) in [5.74, 6) is 1.08. The summed E-state index contributed by atoms with van der Waals surface area (Å²) >= 11 is 0. The average Bonchev–Trinajstić information content (AvgIpc) is 2.66. The summed E-state index contributed by atoms with van der Waals surface area (Å²) in [4.78, 5) is 4.78. The van der Waals surface area contributed by atoms with Crippen molar-refractivity contribution in [2.75, 3.05) is 0 Å². The lowest BCUT2D eigenvalue weighted by Crippen LogP contribution is -2.16. The maximum atomic E-state index is 6.26. The van der Waals surface area contributed by atoms with Gasteiger partial charge in [0.15, 0.2) is 0 Å². The van der Waals surface area contributed by atoms with Crippen LogP contribution in [0.3, 0.4) is 0 Å². The lowest BCUT2D eigenvalue weighted by molar-refractivity contribution is 0.536. The van der Waals surface area contributed by atoms with E-state index >= 15 is 0 Å². The Morgan fingerprint density at radius 1 is 1.05 bits per heavy atom. The van der Waals surface area contributed by atoms with Gasteiger partial charge in [-0.2, -0.15) is 0 Å². The largest absolute Gasteiger partial charge is 0.383 e. The van der Waals surface area contributed by atoms with Gasteiger partial charge in [-0.15, -0.1) is 0 Å². The molecule has 0 bridgehead atoms. The molecule has 3 rings (SSSR count). The van der Waals surface area contributed by atoms with Gasteiger partial charge in [-0.05, 0) is 24.0 Å². The first kappa shape index (κ1) is 13.9. The van der Waals surface area contributed by atoms with Gasteiger partial charge in [0.2, 0.25) is 0 Å². The van der Waals surface area contributed by atoms with Gasteiger partial charge >= 0.3 is 0 Å². The molecule has 21 heavy (non-hydrogen) atoms. The number of hydrogen-bond acceptors (Lipinski definition) is 2. The summed E-state index contributed by atoms with van der Waals surface area (Å²) in [5.41, 5.74) is 10.0. The molecule has 1 heterocycles. The minimum Gasteiger partial charge on any atom is -0.383 e. The Bertz CT molecular complexity index is 631. The van der Waals surface area contributed by atoms with E-state index in [1.54, 1.807) is 0 Å². The number of amidine groups is 1. The van der Waals surface area contributed by atoms with Crippen LogP contribution in [0.2, 0.25) is 0 Å². The minimum absolute atomic E-state index is 0.313. The Labute approximate surface area is 126 Å². The van der Waals surface area contributed by atoms with Crippen molar-refractivity contribution < 1.29 is 0 Å². The minimum atomic E-state index is 0.313. The zero-order valence-corrected chi connectivity index (χ0v) is 12.5. The molecule has 2 nitrogen and oxygen atoms in total. The van der Waals surface area contributed by atoms with Crippen LogP contribution in [-0.2, 0) is 0 Å². The van der Waals surface area contributed by atoms with E-state index < -0.39 is 0 Å². The molecule has 0 fully saturated rings. The average molecular weight is 278 g/mol. The van der Waals surface area contributed by atoms with Crippen LogP contribution in [0.5, 0.6) is 0 Å². The van der Waals surface area contributed by atoms with E-state index in [-0.39, 0.29) is 0 Å². The Hall–Kier alpha value is -2.09. The first-order valence-corrected chi connectivity index (χ1v) is 7.77. The van der Waals surface area contributed by atoms with Crippen LogP contribution < -0.4 is 5.73 Å². The highest BCUT2D eigenvalue weighted by atomic mass is 14.9. The molecule has 0 amide bonds.